The van der Waals surface area contributed by atoms with Crippen LogP contribution in [-0.2, 0) is 21.4 Å². The smallest absolute Gasteiger partial charge is 0.325 e. The number of ether oxygens (including phenoxy) is 1. The van der Waals surface area contributed by atoms with E-state index in [9.17, 15) is 9.59 Å². The van der Waals surface area contributed by atoms with Gasteiger partial charge in [0.1, 0.15) is 12.6 Å². The lowest BCUT2D eigenvalue weighted by Gasteiger charge is -2.23. The summed E-state index contributed by atoms with van der Waals surface area (Å²) in [6, 6.07) is -0.815. The van der Waals surface area contributed by atoms with Crippen LogP contribution in [0.3, 0.4) is 0 Å². The number of nitrogens with zero attached hydrogens (tertiary/aromatic N) is 3. The first-order valence-corrected chi connectivity index (χ1v) is 6.09. The lowest BCUT2D eigenvalue weighted by molar-refractivity contribution is -0.147. The van der Waals surface area contributed by atoms with Crippen molar-refractivity contribution in [2.24, 2.45) is 12.8 Å². The monoisotopic (exact) mass is 268 g/mol. The molecule has 0 saturated carbocycles. The molecule has 1 aromatic heterocycles. The number of amides is 1. The number of aromatic nitrogens is 2. The van der Waals surface area contributed by atoms with Crippen molar-refractivity contribution in [1.82, 2.24) is 14.7 Å². The molecule has 0 saturated heterocycles. The first-order valence-electron chi connectivity index (χ1n) is 6.09. The maximum Gasteiger partial charge on any atom is 0.325 e. The van der Waals surface area contributed by atoms with E-state index in [1.54, 1.807) is 24.1 Å². The predicted octanol–water partition coefficient (Wildman–Crippen LogP) is -0.168. The van der Waals surface area contributed by atoms with Gasteiger partial charge in [-0.05, 0) is 6.42 Å². The topological polar surface area (TPSA) is 90.4 Å². The molecule has 1 atom stereocenters. The van der Waals surface area contributed by atoms with Gasteiger partial charge in [-0.1, -0.05) is 6.92 Å². The predicted molar refractivity (Wildman–Crippen MR) is 69.0 cm³/mol. The van der Waals surface area contributed by atoms with E-state index in [0.717, 1.165) is 6.42 Å². The number of aryl methyl sites for hydroxylation is 1. The van der Waals surface area contributed by atoms with Gasteiger partial charge in [0, 0.05) is 25.4 Å². The number of carbonyl (C=O) groups is 2. The maximum atomic E-state index is 12.3. The summed E-state index contributed by atoms with van der Waals surface area (Å²) in [7, 11) is 3.04. The van der Waals surface area contributed by atoms with Crippen LogP contribution >= 0.6 is 0 Å². The molecular weight excluding hydrogens is 248 g/mol. The minimum absolute atomic E-state index is 0.0862. The molecule has 2 N–H and O–H groups in total. The Kier molecular flexibility index (Phi) is 5.50. The fraction of sp³-hybridized carbons (Fsp3) is 0.583. The molecule has 0 aromatic carbocycles. The van der Waals surface area contributed by atoms with Gasteiger partial charge in [-0.25, -0.2) is 0 Å². The van der Waals surface area contributed by atoms with Crippen LogP contribution in [0.4, 0.5) is 0 Å². The molecule has 1 heterocycles. The van der Waals surface area contributed by atoms with E-state index >= 15 is 0 Å². The number of esters is 1. The molecule has 0 aliphatic carbocycles. The van der Waals surface area contributed by atoms with Crippen molar-refractivity contribution in [1.29, 1.82) is 0 Å². The minimum Gasteiger partial charge on any atom is -0.468 e. The molecule has 1 amide bonds. The van der Waals surface area contributed by atoms with Crippen LogP contribution in [0.1, 0.15) is 24.9 Å². The van der Waals surface area contributed by atoms with E-state index in [1.807, 2.05) is 6.92 Å². The minimum atomic E-state index is -0.815. The first-order chi connectivity index (χ1) is 8.99. The third-order valence-corrected chi connectivity index (χ3v) is 2.70. The van der Waals surface area contributed by atoms with Crippen molar-refractivity contribution in [2.45, 2.75) is 19.4 Å². The largest absolute Gasteiger partial charge is 0.468 e. The summed E-state index contributed by atoms with van der Waals surface area (Å²) in [6.45, 7) is 2.30. The van der Waals surface area contributed by atoms with E-state index < -0.39 is 12.0 Å². The second-order valence-corrected chi connectivity index (χ2v) is 4.26. The van der Waals surface area contributed by atoms with Crippen molar-refractivity contribution < 1.29 is 14.3 Å². The van der Waals surface area contributed by atoms with Gasteiger partial charge < -0.3 is 15.4 Å². The lowest BCUT2D eigenvalue weighted by Crippen LogP contribution is -2.42. The number of hydrogen-bond donors (Lipinski definition) is 1. The van der Waals surface area contributed by atoms with Crippen LogP contribution in [0.15, 0.2) is 12.4 Å². The number of carbonyl (C=O) groups excluding carboxylic acids is 2. The average Bonchev–Trinajstić information content (AvgIpc) is 2.83. The van der Waals surface area contributed by atoms with Gasteiger partial charge in [0.2, 0.25) is 5.91 Å². The number of methoxy groups -OCH3 is 1. The zero-order chi connectivity index (χ0) is 14.4. The van der Waals surface area contributed by atoms with Crippen LogP contribution < -0.4 is 5.73 Å². The van der Waals surface area contributed by atoms with Crippen LogP contribution in [-0.4, -0.2) is 46.8 Å². The molecule has 0 radical (unpaired) electrons. The lowest BCUT2D eigenvalue weighted by atomic mass is 10.1. The van der Waals surface area contributed by atoms with Crippen LogP contribution in [0.25, 0.3) is 0 Å². The first kappa shape index (κ1) is 15.2. The van der Waals surface area contributed by atoms with E-state index in [-0.39, 0.29) is 12.5 Å². The van der Waals surface area contributed by atoms with Crippen molar-refractivity contribution in [3.05, 3.63) is 18.0 Å². The fourth-order valence-electron chi connectivity index (χ4n) is 1.70. The Balaban J connectivity index is 2.77. The van der Waals surface area contributed by atoms with Gasteiger partial charge in [-0.15, -0.1) is 0 Å². The van der Waals surface area contributed by atoms with Gasteiger partial charge in [-0.3, -0.25) is 14.3 Å². The highest BCUT2D eigenvalue weighted by atomic mass is 16.5. The zero-order valence-electron chi connectivity index (χ0n) is 11.5. The van der Waals surface area contributed by atoms with Gasteiger partial charge in [0.25, 0.3) is 0 Å². The molecule has 0 spiro atoms. The number of rotatable bonds is 6. The highest BCUT2D eigenvalue weighted by Crippen LogP contribution is 2.12. The number of hydrogen-bond acceptors (Lipinski definition) is 5. The molecule has 19 heavy (non-hydrogen) atoms. The van der Waals surface area contributed by atoms with Crippen molar-refractivity contribution in [2.75, 3.05) is 20.2 Å². The second kappa shape index (κ2) is 6.89. The molecule has 1 aromatic rings. The summed E-state index contributed by atoms with van der Waals surface area (Å²) in [6.07, 6.45) is 3.97. The third-order valence-electron chi connectivity index (χ3n) is 2.70. The Hall–Kier alpha value is -1.89. The Morgan fingerprint density at radius 3 is 2.74 bits per heavy atom. The normalized spacial score (nSPS) is 12.0. The molecule has 0 bridgehead atoms. The van der Waals surface area contributed by atoms with Gasteiger partial charge >= 0.3 is 5.97 Å². The van der Waals surface area contributed by atoms with E-state index in [2.05, 4.69) is 9.84 Å². The number of nitrogens with two attached hydrogens (primary N) is 1. The molecule has 0 fully saturated rings. The summed E-state index contributed by atoms with van der Waals surface area (Å²) in [5.74, 6) is -0.763. The van der Waals surface area contributed by atoms with Crippen molar-refractivity contribution in [3.8, 4) is 0 Å². The molecule has 7 nitrogen and oxygen atoms in total. The van der Waals surface area contributed by atoms with Crippen LogP contribution in [0.5, 0.6) is 0 Å². The van der Waals surface area contributed by atoms with Gasteiger partial charge in [0.15, 0.2) is 0 Å². The van der Waals surface area contributed by atoms with Gasteiger partial charge in [0.05, 0.1) is 13.3 Å². The molecule has 1 unspecified atom stereocenters. The van der Waals surface area contributed by atoms with E-state index in [1.165, 1.54) is 12.0 Å². The molecule has 1 rings (SSSR count). The summed E-state index contributed by atoms with van der Waals surface area (Å²) in [5, 5.41) is 3.98. The Morgan fingerprint density at radius 1 is 1.58 bits per heavy atom. The van der Waals surface area contributed by atoms with Crippen LogP contribution in [0, 0.1) is 0 Å². The molecule has 7 heteroatoms. The molecule has 0 aliphatic heterocycles. The third kappa shape index (κ3) is 4.06. The fourth-order valence-corrected chi connectivity index (χ4v) is 1.70. The Morgan fingerprint density at radius 2 is 2.26 bits per heavy atom. The Labute approximate surface area is 112 Å². The SMILES string of the molecule is CCCN(CC(=O)OC)C(=O)C(N)c1cnn(C)c1. The second-order valence-electron chi connectivity index (χ2n) is 4.26. The molecule has 0 aliphatic rings. The van der Waals surface area contributed by atoms with E-state index in [0.29, 0.717) is 12.1 Å². The van der Waals surface area contributed by atoms with Crippen molar-refractivity contribution >= 4 is 11.9 Å². The standard InChI is InChI=1S/C12H20N4O3/c1-4-5-16(8-10(17)19-3)12(18)11(13)9-6-14-15(2)7-9/h6-7,11H,4-5,8,13H2,1-3H3. The Bertz CT molecular complexity index is 444. The van der Waals surface area contributed by atoms with Crippen molar-refractivity contribution in [3.63, 3.8) is 0 Å². The quantitative estimate of drug-likeness (QED) is 0.723. The summed E-state index contributed by atoms with van der Waals surface area (Å²) in [4.78, 5) is 24.9. The average molecular weight is 268 g/mol. The zero-order valence-corrected chi connectivity index (χ0v) is 11.5. The van der Waals surface area contributed by atoms with Crippen LogP contribution in [0.2, 0.25) is 0 Å². The summed E-state index contributed by atoms with van der Waals surface area (Å²) >= 11 is 0. The highest BCUT2D eigenvalue weighted by Gasteiger charge is 2.24. The summed E-state index contributed by atoms with van der Waals surface area (Å²) in [5.41, 5.74) is 6.53. The summed E-state index contributed by atoms with van der Waals surface area (Å²) < 4.78 is 6.15. The maximum absolute atomic E-state index is 12.3. The highest BCUT2D eigenvalue weighted by molar-refractivity contribution is 5.86. The molecular formula is C12H20N4O3. The van der Waals surface area contributed by atoms with Gasteiger partial charge in [-0.2, -0.15) is 5.10 Å². The molecule has 106 valence electrons. The van der Waals surface area contributed by atoms with E-state index in [4.69, 9.17) is 5.73 Å².